The molecule has 2 atom stereocenters. The Bertz CT molecular complexity index is 421. The average molecular weight is 251 g/mol. The lowest BCUT2D eigenvalue weighted by atomic mass is 9.88. The van der Waals surface area contributed by atoms with Crippen molar-refractivity contribution in [1.82, 2.24) is 0 Å². The summed E-state index contributed by atoms with van der Waals surface area (Å²) in [5.74, 6) is 1.05. The van der Waals surface area contributed by atoms with Crippen LogP contribution < -0.4 is 10.5 Å². The lowest BCUT2D eigenvalue weighted by molar-refractivity contribution is 0.395. The normalized spacial score (nSPS) is 27.4. The fourth-order valence-corrected chi connectivity index (χ4v) is 2.96. The Kier molecular flexibility index (Phi) is 3.91. The van der Waals surface area contributed by atoms with E-state index in [2.05, 4.69) is 6.92 Å². The predicted molar refractivity (Wildman–Crippen MR) is 71.2 cm³/mol. The van der Waals surface area contributed by atoms with E-state index in [1.807, 2.05) is 0 Å². The molecule has 0 saturated heterocycles. The molecule has 2 nitrogen and oxygen atoms in total. The van der Waals surface area contributed by atoms with Crippen LogP contribution in [0.1, 0.15) is 38.2 Å². The molecule has 2 N–H and O–H groups in total. The molecule has 0 aromatic heterocycles. The van der Waals surface area contributed by atoms with Crippen LogP contribution >= 0.6 is 0 Å². The quantitative estimate of drug-likeness (QED) is 0.891. The molecule has 18 heavy (non-hydrogen) atoms. The van der Waals surface area contributed by atoms with Crippen LogP contribution in [0.4, 0.5) is 4.39 Å². The monoisotopic (exact) mass is 251 g/mol. The Morgan fingerprint density at radius 1 is 1.50 bits per heavy atom. The number of benzene rings is 1. The van der Waals surface area contributed by atoms with E-state index in [4.69, 9.17) is 10.5 Å². The Labute approximate surface area is 108 Å². The van der Waals surface area contributed by atoms with Crippen LogP contribution in [-0.4, -0.2) is 12.6 Å². The van der Waals surface area contributed by atoms with Gasteiger partial charge in [0.05, 0.1) is 7.11 Å². The molecule has 0 radical (unpaired) electrons. The van der Waals surface area contributed by atoms with Gasteiger partial charge < -0.3 is 10.5 Å². The average Bonchev–Trinajstić information content (AvgIpc) is 2.74. The second-order valence-electron chi connectivity index (χ2n) is 5.51. The molecule has 1 aliphatic carbocycles. The van der Waals surface area contributed by atoms with Crippen molar-refractivity contribution < 1.29 is 9.13 Å². The van der Waals surface area contributed by atoms with Crippen molar-refractivity contribution in [2.75, 3.05) is 7.11 Å². The van der Waals surface area contributed by atoms with Crippen LogP contribution in [0.5, 0.6) is 5.75 Å². The Hall–Kier alpha value is -1.09. The van der Waals surface area contributed by atoms with Crippen LogP contribution in [0.2, 0.25) is 0 Å². The lowest BCUT2D eigenvalue weighted by Crippen LogP contribution is -2.39. The van der Waals surface area contributed by atoms with Crippen molar-refractivity contribution in [3.05, 3.63) is 29.6 Å². The summed E-state index contributed by atoms with van der Waals surface area (Å²) in [7, 11) is 1.54. The van der Waals surface area contributed by atoms with E-state index in [0.717, 1.165) is 12.8 Å². The molecule has 0 spiro atoms. The van der Waals surface area contributed by atoms with Crippen molar-refractivity contribution in [2.24, 2.45) is 11.7 Å². The van der Waals surface area contributed by atoms with E-state index in [1.165, 1.54) is 18.9 Å². The fraction of sp³-hybridized carbons (Fsp3) is 0.600. The second-order valence-corrected chi connectivity index (χ2v) is 5.51. The van der Waals surface area contributed by atoms with Crippen LogP contribution in [0.3, 0.4) is 0 Å². The maximum atomic E-state index is 13.9. The lowest BCUT2D eigenvalue weighted by Gasteiger charge is -2.24. The second kappa shape index (κ2) is 5.27. The summed E-state index contributed by atoms with van der Waals surface area (Å²) in [6.45, 7) is 2.20. The first kappa shape index (κ1) is 13.3. The number of hydrogen-bond donors (Lipinski definition) is 1. The molecule has 2 rings (SSSR count). The number of ether oxygens (including phenoxy) is 1. The van der Waals surface area contributed by atoms with Gasteiger partial charge in [-0.1, -0.05) is 19.4 Å². The summed E-state index contributed by atoms with van der Waals surface area (Å²) < 4.78 is 18.9. The minimum atomic E-state index is -0.226. The summed E-state index contributed by atoms with van der Waals surface area (Å²) in [5.41, 5.74) is 6.88. The molecule has 2 unspecified atom stereocenters. The van der Waals surface area contributed by atoms with Gasteiger partial charge in [0.15, 0.2) is 0 Å². The first-order chi connectivity index (χ1) is 8.56. The molecule has 1 fully saturated rings. The Morgan fingerprint density at radius 2 is 2.28 bits per heavy atom. The number of nitrogens with two attached hydrogens (primary N) is 1. The van der Waals surface area contributed by atoms with Gasteiger partial charge in [0.25, 0.3) is 0 Å². The van der Waals surface area contributed by atoms with E-state index < -0.39 is 0 Å². The highest BCUT2D eigenvalue weighted by molar-refractivity contribution is 5.30. The molecule has 1 aromatic rings. The third-order valence-corrected chi connectivity index (χ3v) is 4.13. The number of rotatable bonds is 4. The summed E-state index contributed by atoms with van der Waals surface area (Å²) in [5, 5.41) is 0. The Balaban J connectivity index is 2.10. The largest absolute Gasteiger partial charge is 0.497 e. The van der Waals surface area contributed by atoms with Gasteiger partial charge in [0.1, 0.15) is 11.6 Å². The molecule has 0 heterocycles. The standard InChI is InChI=1S/C15H22FNO/c1-3-11-6-7-15(17,9-11)10-12-4-5-13(18-2)8-14(12)16/h4-5,8,11H,3,6-7,9-10,17H2,1-2H3. The zero-order valence-corrected chi connectivity index (χ0v) is 11.2. The van der Waals surface area contributed by atoms with Gasteiger partial charge >= 0.3 is 0 Å². The fourth-order valence-electron chi connectivity index (χ4n) is 2.96. The maximum absolute atomic E-state index is 13.9. The van der Waals surface area contributed by atoms with Crippen LogP contribution in [0.15, 0.2) is 18.2 Å². The molecule has 100 valence electrons. The van der Waals surface area contributed by atoms with Gasteiger partial charge in [-0.05, 0) is 43.2 Å². The van der Waals surface area contributed by atoms with E-state index in [1.54, 1.807) is 19.2 Å². The van der Waals surface area contributed by atoms with Gasteiger partial charge in [0.2, 0.25) is 0 Å². The molecule has 0 amide bonds. The van der Waals surface area contributed by atoms with Crippen LogP contribution in [-0.2, 0) is 6.42 Å². The summed E-state index contributed by atoms with van der Waals surface area (Å²) in [4.78, 5) is 0. The summed E-state index contributed by atoms with van der Waals surface area (Å²) >= 11 is 0. The molecule has 0 aliphatic heterocycles. The van der Waals surface area contributed by atoms with Gasteiger partial charge in [-0.2, -0.15) is 0 Å². The number of hydrogen-bond acceptors (Lipinski definition) is 2. The summed E-state index contributed by atoms with van der Waals surface area (Å²) in [6, 6.07) is 5.03. The highest BCUT2D eigenvalue weighted by Gasteiger charge is 2.35. The SMILES string of the molecule is CCC1CCC(N)(Cc2ccc(OC)cc2F)C1. The maximum Gasteiger partial charge on any atom is 0.130 e. The van der Waals surface area contributed by atoms with E-state index >= 15 is 0 Å². The zero-order valence-electron chi connectivity index (χ0n) is 11.2. The first-order valence-electron chi connectivity index (χ1n) is 6.67. The van der Waals surface area contributed by atoms with E-state index in [0.29, 0.717) is 23.7 Å². The van der Waals surface area contributed by atoms with Crippen molar-refractivity contribution >= 4 is 0 Å². The predicted octanol–water partition coefficient (Wildman–Crippen LogP) is 3.28. The van der Waals surface area contributed by atoms with Crippen molar-refractivity contribution in [3.63, 3.8) is 0 Å². The third kappa shape index (κ3) is 2.83. The molecule has 1 saturated carbocycles. The van der Waals surface area contributed by atoms with Crippen LogP contribution in [0, 0.1) is 11.7 Å². The minimum absolute atomic E-state index is 0.209. The van der Waals surface area contributed by atoms with E-state index in [9.17, 15) is 4.39 Å². The van der Waals surface area contributed by atoms with Crippen molar-refractivity contribution in [2.45, 2.75) is 44.6 Å². The summed E-state index contributed by atoms with van der Waals surface area (Å²) in [6.07, 6.45) is 4.97. The molecule has 1 aromatic carbocycles. The molecule has 0 bridgehead atoms. The van der Waals surface area contributed by atoms with Gasteiger partial charge in [-0.15, -0.1) is 0 Å². The molecular formula is C15H22FNO. The molecule has 1 aliphatic rings. The van der Waals surface area contributed by atoms with Crippen LogP contribution in [0.25, 0.3) is 0 Å². The topological polar surface area (TPSA) is 35.2 Å². The first-order valence-corrected chi connectivity index (χ1v) is 6.67. The number of methoxy groups -OCH3 is 1. The molecule has 3 heteroatoms. The van der Waals surface area contributed by atoms with Crippen molar-refractivity contribution in [3.8, 4) is 5.75 Å². The van der Waals surface area contributed by atoms with Gasteiger partial charge in [-0.3, -0.25) is 0 Å². The smallest absolute Gasteiger partial charge is 0.130 e. The van der Waals surface area contributed by atoms with Crippen molar-refractivity contribution in [1.29, 1.82) is 0 Å². The van der Waals surface area contributed by atoms with E-state index in [-0.39, 0.29) is 11.4 Å². The third-order valence-electron chi connectivity index (χ3n) is 4.13. The zero-order chi connectivity index (χ0) is 13.2. The molecular weight excluding hydrogens is 229 g/mol. The minimum Gasteiger partial charge on any atom is -0.497 e. The van der Waals surface area contributed by atoms with Gasteiger partial charge in [-0.25, -0.2) is 4.39 Å². The highest BCUT2D eigenvalue weighted by atomic mass is 19.1. The Morgan fingerprint density at radius 3 is 2.83 bits per heavy atom. The number of halogens is 1. The van der Waals surface area contributed by atoms with Gasteiger partial charge in [0, 0.05) is 11.6 Å². The highest BCUT2D eigenvalue weighted by Crippen LogP contribution is 2.37.